The van der Waals surface area contributed by atoms with Gasteiger partial charge in [-0.2, -0.15) is 0 Å². The molecule has 1 N–H and O–H groups in total. The molecule has 1 rings (SSSR count). The molecule has 0 spiro atoms. The van der Waals surface area contributed by atoms with Crippen molar-refractivity contribution in [2.75, 3.05) is 13.6 Å². The van der Waals surface area contributed by atoms with Crippen LogP contribution in [-0.2, 0) is 0 Å². The van der Waals surface area contributed by atoms with Crippen LogP contribution in [0.1, 0.15) is 41.5 Å². The Labute approximate surface area is 84.2 Å². The number of likely N-dealkylation sites (N-methyl/N-ethyl adjacent to an activating group) is 2. The molecule has 0 radical (unpaired) electrons. The van der Waals surface area contributed by atoms with E-state index in [0.717, 1.165) is 12.1 Å². The van der Waals surface area contributed by atoms with Crippen molar-refractivity contribution in [2.24, 2.45) is 0 Å². The van der Waals surface area contributed by atoms with Crippen LogP contribution in [0.15, 0.2) is 0 Å². The lowest BCUT2D eigenvalue weighted by atomic mass is 10.1. The Balaban J connectivity index is 0.00000169. The van der Waals surface area contributed by atoms with Crippen molar-refractivity contribution in [3.8, 4) is 0 Å². The second kappa shape index (κ2) is 4.97. The van der Waals surface area contributed by atoms with Crippen LogP contribution >= 0.6 is 0 Å². The first-order valence-electron chi connectivity index (χ1n) is 5.63. The van der Waals surface area contributed by atoms with Crippen LogP contribution in [0.3, 0.4) is 0 Å². The molecular formula is C11H26N2. The zero-order valence-electron chi connectivity index (χ0n) is 9.51. The molecule has 80 valence electrons. The smallest absolute Gasteiger partial charge is 0.0251 e. The van der Waals surface area contributed by atoms with Crippen LogP contribution in [-0.4, -0.2) is 36.6 Å². The second-order valence-corrected chi connectivity index (χ2v) is 4.32. The first kappa shape index (κ1) is 11.0. The van der Waals surface area contributed by atoms with E-state index in [0.29, 0.717) is 6.04 Å². The van der Waals surface area contributed by atoms with E-state index < -0.39 is 0 Å². The summed E-state index contributed by atoms with van der Waals surface area (Å²) < 4.78 is 0. The second-order valence-electron chi connectivity index (χ2n) is 4.32. The van der Waals surface area contributed by atoms with E-state index in [1.807, 2.05) is 0 Å². The molecule has 0 aromatic rings. The average Bonchev–Trinajstić information content (AvgIpc) is 2.53. The van der Waals surface area contributed by atoms with Gasteiger partial charge in [0.15, 0.2) is 0 Å². The molecule has 0 amide bonds. The molecule has 0 aliphatic heterocycles. The van der Waals surface area contributed by atoms with Crippen molar-refractivity contribution in [3.05, 3.63) is 0 Å². The fourth-order valence-electron chi connectivity index (χ4n) is 2.66. The molecule has 2 unspecified atom stereocenters. The summed E-state index contributed by atoms with van der Waals surface area (Å²) in [5.41, 5.74) is 0. The summed E-state index contributed by atoms with van der Waals surface area (Å²) in [5, 5.41) is 3.44. The molecule has 1 aliphatic carbocycles. The summed E-state index contributed by atoms with van der Waals surface area (Å²) in [6.07, 6.45) is 4.11. The van der Waals surface area contributed by atoms with E-state index in [4.69, 9.17) is 0 Å². The van der Waals surface area contributed by atoms with Gasteiger partial charge in [0.2, 0.25) is 0 Å². The SMILES string of the molecule is CCN(C(C)C)C1CCCC1NC.[HH]. The Morgan fingerprint density at radius 2 is 2.15 bits per heavy atom. The predicted molar refractivity (Wildman–Crippen MR) is 60.1 cm³/mol. The highest BCUT2D eigenvalue weighted by Gasteiger charge is 2.31. The van der Waals surface area contributed by atoms with Gasteiger partial charge >= 0.3 is 0 Å². The molecule has 2 heteroatoms. The molecule has 0 aromatic heterocycles. The minimum absolute atomic E-state index is 0. The number of nitrogens with one attached hydrogen (secondary N) is 1. The molecule has 1 saturated carbocycles. The van der Waals surface area contributed by atoms with Crippen LogP contribution in [0.2, 0.25) is 0 Å². The van der Waals surface area contributed by atoms with Gasteiger partial charge in [0.05, 0.1) is 0 Å². The van der Waals surface area contributed by atoms with E-state index in [-0.39, 0.29) is 1.43 Å². The number of rotatable bonds is 4. The van der Waals surface area contributed by atoms with E-state index >= 15 is 0 Å². The van der Waals surface area contributed by atoms with Gasteiger partial charge in [-0.15, -0.1) is 0 Å². The Bertz CT molecular complexity index is 150. The molecule has 1 fully saturated rings. The molecule has 13 heavy (non-hydrogen) atoms. The largest absolute Gasteiger partial charge is 0.315 e. The Morgan fingerprint density at radius 3 is 2.62 bits per heavy atom. The fourth-order valence-corrected chi connectivity index (χ4v) is 2.66. The number of hydrogen-bond donors (Lipinski definition) is 1. The lowest BCUT2D eigenvalue weighted by Crippen LogP contribution is -2.48. The standard InChI is InChI=1S/C11H24N2.H2/c1-5-13(9(2)3)11-8-6-7-10(11)12-4;/h9-12H,5-8H2,1-4H3;1H. The van der Waals surface area contributed by atoms with Crippen molar-refractivity contribution < 1.29 is 1.43 Å². The zero-order valence-corrected chi connectivity index (χ0v) is 9.51. The third kappa shape index (κ3) is 2.44. The van der Waals surface area contributed by atoms with Gasteiger partial charge in [0.1, 0.15) is 0 Å². The summed E-state index contributed by atoms with van der Waals surface area (Å²) in [4.78, 5) is 2.62. The van der Waals surface area contributed by atoms with Crippen molar-refractivity contribution in [3.63, 3.8) is 0 Å². The van der Waals surface area contributed by atoms with Crippen LogP contribution in [0.5, 0.6) is 0 Å². The molecule has 2 nitrogen and oxygen atoms in total. The zero-order chi connectivity index (χ0) is 9.84. The minimum Gasteiger partial charge on any atom is -0.315 e. The molecule has 0 saturated heterocycles. The molecule has 0 bridgehead atoms. The van der Waals surface area contributed by atoms with E-state index in [9.17, 15) is 0 Å². The van der Waals surface area contributed by atoms with Gasteiger partial charge in [-0.05, 0) is 40.3 Å². The highest BCUT2D eigenvalue weighted by molar-refractivity contribution is 4.90. The third-order valence-electron chi connectivity index (χ3n) is 3.30. The van der Waals surface area contributed by atoms with Crippen LogP contribution in [0, 0.1) is 0 Å². The van der Waals surface area contributed by atoms with Crippen LogP contribution in [0.25, 0.3) is 0 Å². The van der Waals surface area contributed by atoms with Crippen molar-refractivity contribution >= 4 is 0 Å². The van der Waals surface area contributed by atoms with Gasteiger partial charge < -0.3 is 5.32 Å². The Morgan fingerprint density at radius 1 is 1.46 bits per heavy atom. The summed E-state index contributed by atoms with van der Waals surface area (Å²) in [7, 11) is 2.09. The molecule has 2 atom stereocenters. The van der Waals surface area contributed by atoms with E-state index in [2.05, 4.69) is 38.0 Å². The van der Waals surface area contributed by atoms with Gasteiger partial charge in [-0.3, -0.25) is 4.90 Å². The number of nitrogens with zero attached hydrogens (tertiary/aromatic N) is 1. The predicted octanol–water partition coefficient (Wildman–Crippen LogP) is 2.10. The summed E-state index contributed by atoms with van der Waals surface area (Å²) in [5.74, 6) is 0. The third-order valence-corrected chi connectivity index (χ3v) is 3.30. The topological polar surface area (TPSA) is 15.3 Å². The molecular weight excluding hydrogens is 160 g/mol. The highest BCUT2D eigenvalue weighted by Crippen LogP contribution is 2.25. The average molecular weight is 186 g/mol. The monoisotopic (exact) mass is 186 g/mol. The Kier molecular flexibility index (Phi) is 4.20. The normalized spacial score (nSPS) is 29.1. The van der Waals surface area contributed by atoms with Gasteiger partial charge in [-0.25, -0.2) is 0 Å². The van der Waals surface area contributed by atoms with Crippen molar-refractivity contribution in [2.45, 2.75) is 58.2 Å². The molecule has 0 aromatic carbocycles. The first-order chi connectivity index (χ1) is 6.20. The first-order valence-corrected chi connectivity index (χ1v) is 5.63. The van der Waals surface area contributed by atoms with Crippen molar-refractivity contribution in [1.29, 1.82) is 0 Å². The molecule has 1 aliphatic rings. The van der Waals surface area contributed by atoms with E-state index in [1.54, 1.807) is 0 Å². The summed E-state index contributed by atoms with van der Waals surface area (Å²) >= 11 is 0. The quantitative estimate of drug-likeness (QED) is 0.723. The van der Waals surface area contributed by atoms with Crippen molar-refractivity contribution in [1.82, 2.24) is 10.2 Å². The lowest BCUT2D eigenvalue weighted by Gasteiger charge is -2.35. The summed E-state index contributed by atoms with van der Waals surface area (Å²) in [6, 6.07) is 2.18. The highest BCUT2D eigenvalue weighted by atomic mass is 15.2. The maximum atomic E-state index is 3.44. The number of hydrogen-bond acceptors (Lipinski definition) is 2. The minimum atomic E-state index is 0. The lowest BCUT2D eigenvalue weighted by molar-refractivity contribution is 0.144. The fraction of sp³-hybridized carbons (Fsp3) is 1.00. The Hall–Kier alpha value is -0.0800. The van der Waals surface area contributed by atoms with Gasteiger partial charge in [-0.1, -0.05) is 13.3 Å². The maximum Gasteiger partial charge on any atom is 0.0251 e. The van der Waals surface area contributed by atoms with Gasteiger partial charge in [0.25, 0.3) is 0 Å². The van der Waals surface area contributed by atoms with Crippen LogP contribution < -0.4 is 5.32 Å². The molecule has 0 heterocycles. The van der Waals surface area contributed by atoms with E-state index in [1.165, 1.54) is 25.8 Å². The van der Waals surface area contributed by atoms with Gasteiger partial charge in [0, 0.05) is 19.6 Å². The van der Waals surface area contributed by atoms with Crippen LogP contribution in [0.4, 0.5) is 0 Å². The summed E-state index contributed by atoms with van der Waals surface area (Å²) in [6.45, 7) is 8.05. The maximum absolute atomic E-state index is 3.44.